The lowest BCUT2D eigenvalue weighted by atomic mass is 10.1. The highest BCUT2D eigenvalue weighted by Crippen LogP contribution is 2.33. The zero-order valence-corrected chi connectivity index (χ0v) is 11.2. The van der Waals surface area contributed by atoms with Crippen molar-refractivity contribution in [2.24, 2.45) is 0 Å². The van der Waals surface area contributed by atoms with Crippen LogP contribution in [0.3, 0.4) is 0 Å². The smallest absolute Gasteiger partial charge is 0.338 e. The maximum Gasteiger partial charge on any atom is 0.338 e. The van der Waals surface area contributed by atoms with Gasteiger partial charge in [-0.1, -0.05) is 11.8 Å². The number of rotatable bonds is 3. The van der Waals surface area contributed by atoms with Gasteiger partial charge in [-0.3, -0.25) is 0 Å². The second-order valence-corrected chi connectivity index (χ2v) is 5.04. The molecule has 94 valence electrons. The fourth-order valence-electron chi connectivity index (χ4n) is 1.72. The van der Waals surface area contributed by atoms with E-state index in [9.17, 15) is 9.90 Å². The number of aromatic carboxylic acids is 1. The Morgan fingerprint density at radius 1 is 1.39 bits per heavy atom. The third-order valence-electron chi connectivity index (χ3n) is 2.54. The van der Waals surface area contributed by atoms with Gasteiger partial charge in [0.15, 0.2) is 0 Å². The second kappa shape index (κ2) is 4.86. The van der Waals surface area contributed by atoms with Gasteiger partial charge in [0.25, 0.3) is 0 Å². The molecule has 0 radical (unpaired) electrons. The van der Waals surface area contributed by atoms with Gasteiger partial charge < -0.3 is 9.52 Å². The van der Waals surface area contributed by atoms with Crippen LogP contribution in [0, 0.1) is 20.8 Å². The maximum absolute atomic E-state index is 11.3. The number of carbonyl (C=O) groups is 1. The van der Waals surface area contributed by atoms with Gasteiger partial charge in [0.2, 0.25) is 0 Å². The van der Waals surface area contributed by atoms with Crippen LogP contribution in [-0.4, -0.2) is 16.1 Å². The summed E-state index contributed by atoms with van der Waals surface area (Å²) >= 11 is 1.32. The lowest BCUT2D eigenvalue weighted by Crippen LogP contribution is -2.05. The molecule has 0 amide bonds. The van der Waals surface area contributed by atoms with E-state index in [-0.39, 0.29) is 5.56 Å². The standard InChI is InChI=1S/C13H13NO3S/c1-7-6-8(2)14-12(11(7)13(15)16)18-10-4-5-17-9(10)3/h4-6H,1-3H3,(H,15,16). The van der Waals surface area contributed by atoms with Crippen molar-refractivity contribution in [3.63, 3.8) is 0 Å². The van der Waals surface area contributed by atoms with Crippen LogP contribution in [-0.2, 0) is 0 Å². The van der Waals surface area contributed by atoms with Gasteiger partial charge >= 0.3 is 5.97 Å². The van der Waals surface area contributed by atoms with E-state index < -0.39 is 5.97 Å². The average Bonchev–Trinajstić information content (AvgIpc) is 2.62. The molecule has 0 aliphatic carbocycles. The van der Waals surface area contributed by atoms with Crippen molar-refractivity contribution in [3.8, 4) is 0 Å². The summed E-state index contributed by atoms with van der Waals surface area (Å²) in [6.07, 6.45) is 1.58. The third kappa shape index (κ3) is 2.41. The van der Waals surface area contributed by atoms with E-state index in [1.54, 1.807) is 19.3 Å². The first-order valence-corrected chi connectivity index (χ1v) is 6.24. The Hall–Kier alpha value is -1.75. The minimum Gasteiger partial charge on any atom is -0.478 e. The second-order valence-electron chi connectivity index (χ2n) is 4.01. The van der Waals surface area contributed by atoms with Gasteiger partial charge in [-0.15, -0.1) is 0 Å². The van der Waals surface area contributed by atoms with E-state index >= 15 is 0 Å². The Balaban J connectivity index is 2.49. The summed E-state index contributed by atoms with van der Waals surface area (Å²) in [5.41, 5.74) is 1.78. The fourth-order valence-corrected chi connectivity index (χ4v) is 2.78. The summed E-state index contributed by atoms with van der Waals surface area (Å²) in [4.78, 5) is 16.5. The van der Waals surface area contributed by atoms with Crippen molar-refractivity contribution in [2.75, 3.05) is 0 Å². The first kappa shape index (κ1) is 12.7. The Labute approximate surface area is 109 Å². The lowest BCUT2D eigenvalue weighted by Gasteiger charge is -2.08. The zero-order valence-electron chi connectivity index (χ0n) is 10.4. The van der Waals surface area contributed by atoms with Crippen molar-refractivity contribution in [1.82, 2.24) is 4.98 Å². The molecule has 5 heteroatoms. The van der Waals surface area contributed by atoms with Gasteiger partial charge in [0.05, 0.1) is 16.7 Å². The van der Waals surface area contributed by atoms with Crippen LogP contribution in [0.25, 0.3) is 0 Å². The van der Waals surface area contributed by atoms with Crippen molar-refractivity contribution in [3.05, 3.63) is 41.0 Å². The van der Waals surface area contributed by atoms with Crippen LogP contribution in [0.1, 0.15) is 27.4 Å². The Morgan fingerprint density at radius 3 is 2.67 bits per heavy atom. The van der Waals surface area contributed by atoms with Gasteiger partial charge in [-0.2, -0.15) is 0 Å². The van der Waals surface area contributed by atoms with Gasteiger partial charge in [-0.25, -0.2) is 9.78 Å². The SMILES string of the molecule is Cc1cc(C)c(C(=O)O)c(Sc2ccoc2C)n1. The van der Waals surface area contributed by atoms with E-state index in [1.165, 1.54) is 11.8 Å². The van der Waals surface area contributed by atoms with Gasteiger partial charge in [-0.05, 0) is 38.5 Å². The Kier molecular flexibility index (Phi) is 3.43. The third-order valence-corrected chi connectivity index (χ3v) is 3.68. The maximum atomic E-state index is 11.3. The van der Waals surface area contributed by atoms with Gasteiger partial charge in [0, 0.05) is 5.69 Å². The monoisotopic (exact) mass is 263 g/mol. The first-order chi connectivity index (χ1) is 8.49. The molecule has 0 aromatic carbocycles. The van der Waals surface area contributed by atoms with E-state index in [4.69, 9.17) is 4.42 Å². The molecule has 2 aromatic rings. The zero-order chi connectivity index (χ0) is 13.3. The Bertz CT molecular complexity index is 604. The van der Waals surface area contributed by atoms with Crippen LogP contribution in [0.2, 0.25) is 0 Å². The quantitative estimate of drug-likeness (QED) is 0.918. The van der Waals surface area contributed by atoms with Gasteiger partial charge in [0.1, 0.15) is 10.8 Å². The molecule has 0 atom stereocenters. The number of furan rings is 1. The summed E-state index contributed by atoms with van der Waals surface area (Å²) in [5.74, 6) is -0.194. The molecule has 0 aliphatic rings. The minimum absolute atomic E-state index is 0.256. The highest BCUT2D eigenvalue weighted by molar-refractivity contribution is 7.99. The van der Waals surface area contributed by atoms with E-state index in [0.717, 1.165) is 21.9 Å². The molecule has 2 heterocycles. The van der Waals surface area contributed by atoms with Crippen LogP contribution >= 0.6 is 11.8 Å². The summed E-state index contributed by atoms with van der Waals surface area (Å²) in [7, 11) is 0. The number of pyridine rings is 1. The van der Waals surface area contributed by atoms with Crippen LogP contribution in [0.5, 0.6) is 0 Å². The molecule has 0 aliphatic heterocycles. The molecule has 0 unspecified atom stereocenters. The molecule has 1 N–H and O–H groups in total. The van der Waals surface area contributed by atoms with Crippen molar-refractivity contribution in [1.29, 1.82) is 0 Å². The molecular weight excluding hydrogens is 250 g/mol. The molecule has 2 aromatic heterocycles. The number of hydrogen-bond acceptors (Lipinski definition) is 4. The summed E-state index contributed by atoms with van der Waals surface area (Å²) < 4.78 is 5.20. The minimum atomic E-state index is -0.955. The molecule has 0 bridgehead atoms. The largest absolute Gasteiger partial charge is 0.478 e. The molecule has 0 saturated carbocycles. The number of nitrogens with zero attached hydrogens (tertiary/aromatic N) is 1. The lowest BCUT2D eigenvalue weighted by molar-refractivity contribution is 0.0691. The van der Waals surface area contributed by atoms with E-state index in [0.29, 0.717) is 5.03 Å². The average molecular weight is 263 g/mol. The molecule has 4 nitrogen and oxygen atoms in total. The number of aryl methyl sites for hydroxylation is 3. The molecule has 0 spiro atoms. The number of hydrogen-bond donors (Lipinski definition) is 1. The normalized spacial score (nSPS) is 10.6. The number of carboxylic acid groups (broad SMARTS) is 1. The molecule has 2 rings (SSSR count). The predicted octanol–water partition coefficient (Wildman–Crippen LogP) is 3.45. The van der Waals surface area contributed by atoms with Crippen LogP contribution in [0.15, 0.2) is 32.7 Å². The number of aromatic nitrogens is 1. The predicted molar refractivity (Wildman–Crippen MR) is 68.2 cm³/mol. The molecule has 0 fully saturated rings. The molecule has 18 heavy (non-hydrogen) atoms. The molecule has 0 saturated heterocycles. The topological polar surface area (TPSA) is 63.3 Å². The molecular formula is C13H13NO3S. The van der Waals surface area contributed by atoms with E-state index in [1.807, 2.05) is 19.9 Å². The van der Waals surface area contributed by atoms with Crippen molar-refractivity contribution >= 4 is 17.7 Å². The summed E-state index contributed by atoms with van der Waals surface area (Å²) in [6, 6.07) is 3.58. The van der Waals surface area contributed by atoms with Crippen LogP contribution in [0.4, 0.5) is 0 Å². The summed E-state index contributed by atoms with van der Waals surface area (Å²) in [6.45, 7) is 5.47. The van der Waals surface area contributed by atoms with Crippen molar-refractivity contribution in [2.45, 2.75) is 30.7 Å². The fraction of sp³-hybridized carbons (Fsp3) is 0.231. The van der Waals surface area contributed by atoms with Crippen molar-refractivity contribution < 1.29 is 14.3 Å². The number of carboxylic acids is 1. The van der Waals surface area contributed by atoms with E-state index in [2.05, 4.69) is 4.98 Å². The summed E-state index contributed by atoms with van der Waals surface area (Å²) in [5, 5.41) is 9.76. The first-order valence-electron chi connectivity index (χ1n) is 5.42. The van der Waals surface area contributed by atoms with Crippen LogP contribution < -0.4 is 0 Å². The highest BCUT2D eigenvalue weighted by atomic mass is 32.2. The highest BCUT2D eigenvalue weighted by Gasteiger charge is 2.17. The Morgan fingerprint density at radius 2 is 2.11 bits per heavy atom.